The van der Waals surface area contributed by atoms with Crippen LogP contribution in [0.5, 0.6) is 0 Å². The van der Waals surface area contributed by atoms with E-state index >= 15 is 0 Å². The predicted molar refractivity (Wildman–Crippen MR) is 207 cm³/mol. The Hall–Kier alpha value is -5.60. The normalized spacial score (nSPS) is 23.5. The quantitative estimate of drug-likeness (QED) is 0.157. The molecule has 0 aliphatic carbocycles. The summed E-state index contributed by atoms with van der Waals surface area (Å²) >= 11 is 0. The number of aromatic amines is 1. The highest BCUT2D eigenvalue weighted by atomic mass is 16.7. The highest BCUT2D eigenvalue weighted by molar-refractivity contribution is 6.22. The highest BCUT2D eigenvalue weighted by Gasteiger charge is 2.43. The molecule has 3 N–H and O–H groups in total. The fourth-order valence-corrected chi connectivity index (χ4v) is 8.11. The number of nitrogens with one attached hydrogen (secondary N) is 2. The molecule has 5 atom stereocenters. The molecule has 5 aromatic rings. The van der Waals surface area contributed by atoms with Gasteiger partial charge in [-0.25, -0.2) is 14.5 Å². The lowest BCUT2D eigenvalue weighted by molar-refractivity contribution is -0.276. The van der Waals surface area contributed by atoms with Gasteiger partial charge in [0, 0.05) is 37.2 Å². The molecule has 3 aliphatic heterocycles. The Morgan fingerprint density at radius 2 is 1.62 bits per heavy atom. The first kappa shape index (κ1) is 37.3. The molecule has 8 rings (SSSR count). The molecular weight excluding hydrogens is 715 g/mol. The van der Waals surface area contributed by atoms with Crippen LogP contribution in [-0.2, 0) is 37.0 Å². The zero-order valence-corrected chi connectivity index (χ0v) is 31.1. The van der Waals surface area contributed by atoms with Crippen molar-refractivity contribution in [1.29, 1.82) is 0 Å². The molecule has 1 aromatic heterocycles. The van der Waals surface area contributed by atoms with Crippen molar-refractivity contribution in [3.63, 3.8) is 0 Å². The first-order valence-corrected chi connectivity index (χ1v) is 19.1. The lowest BCUT2D eigenvalue weighted by Gasteiger charge is -2.44. The fraction of sp³-hybridized carbons (Fsp3) is 0.349. The number of ether oxygens (including phenoxy) is 3. The van der Waals surface area contributed by atoms with E-state index in [0.717, 1.165) is 58.6 Å². The van der Waals surface area contributed by atoms with Gasteiger partial charge in [0.25, 0.3) is 5.91 Å². The van der Waals surface area contributed by atoms with Crippen molar-refractivity contribution in [2.24, 2.45) is 5.92 Å². The van der Waals surface area contributed by atoms with Gasteiger partial charge in [-0.1, -0.05) is 85.8 Å². The summed E-state index contributed by atoms with van der Waals surface area (Å²) in [6, 6.07) is 30.7. The predicted octanol–water partition coefficient (Wildman–Crippen LogP) is 5.51. The van der Waals surface area contributed by atoms with Gasteiger partial charge in [0.15, 0.2) is 6.29 Å². The third kappa shape index (κ3) is 7.76. The number of anilines is 1. The maximum atomic E-state index is 13.5. The van der Waals surface area contributed by atoms with Gasteiger partial charge < -0.3 is 34.5 Å². The van der Waals surface area contributed by atoms with Gasteiger partial charge in [0.1, 0.15) is 12.6 Å². The Kier molecular flexibility index (Phi) is 10.8. The van der Waals surface area contributed by atoms with Crippen molar-refractivity contribution in [3.05, 3.63) is 136 Å². The number of H-pyrrole nitrogens is 1. The highest BCUT2D eigenvalue weighted by Crippen LogP contribution is 2.43. The number of imide groups is 1. The summed E-state index contributed by atoms with van der Waals surface area (Å²) in [5.74, 6) is -1.06. The molecule has 4 heterocycles. The number of nitrogens with zero attached hydrogens (tertiary/aromatic N) is 3. The summed E-state index contributed by atoms with van der Waals surface area (Å²) in [5.41, 5.74) is 5.19. The lowest BCUT2D eigenvalue weighted by atomic mass is 9.89. The number of imidazole rings is 1. The summed E-state index contributed by atoms with van der Waals surface area (Å²) in [4.78, 5) is 58.7. The number of benzene rings is 4. The van der Waals surface area contributed by atoms with Crippen LogP contribution in [0, 0.1) is 5.92 Å². The first-order valence-electron chi connectivity index (χ1n) is 19.1. The van der Waals surface area contributed by atoms with Gasteiger partial charge in [-0.2, -0.15) is 0 Å². The van der Waals surface area contributed by atoms with E-state index in [9.17, 15) is 24.3 Å². The largest absolute Gasteiger partial charge is 0.445 e. The Balaban J connectivity index is 0.976. The number of aliphatic hydroxyl groups excluding tert-OH is 1. The molecule has 0 bridgehead atoms. The molecule has 3 saturated heterocycles. The minimum Gasteiger partial charge on any atom is -0.445 e. The second-order valence-electron chi connectivity index (χ2n) is 14.8. The van der Waals surface area contributed by atoms with Crippen LogP contribution in [0.3, 0.4) is 0 Å². The zero-order valence-electron chi connectivity index (χ0n) is 31.1. The molecule has 1 unspecified atom stereocenters. The molecule has 290 valence electrons. The fourth-order valence-electron chi connectivity index (χ4n) is 8.11. The second kappa shape index (κ2) is 16.2. The van der Waals surface area contributed by atoms with E-state index in [4.69, 9.17) is 14.2 Å². The number of hydrogen-bond donors (Lipinski definition) is 3. The van der Waals surface area contributed by atoms with E-state index < -0.39 is 30.2 Å². The van der Waals surface area contributed by atoms with Crippen LogP contribution in [-0.4, -0.2) is 69.2 Å². The smallest absolute Gasteiger partial charge is 0.408 e. The van der Waals surface area contributed by atoms with Crippen LogP contribution in [0.2, 0.25) is 0 Å². The summed E-state index contributed by atoms with van der Waals surface area (Å²) in [6.45, 7) is 4.29. The van der Waals surface area contributed by atoms with Gasteiger partial charge in [-0.05, 0) is 53.8 Å². The van der Waals surface area contributed by atoms with Gasteiger partial charge in [-0.15, -0.1) is 0 Å². The van der Waals surface area contributed by atoms with Gasteiger partial charge in [0.05, 0.1) is 42.0 Å². The minimum atomic E-state index is -1.06. The summed E-state index contributed by atoms with van der Waals surface area (Å²) < 4.78 is 20.6. The summed E-state index contributed by atoms with van der Waals surface area (Å²) in [5, 5.41) is 12.2. The van der Waals surface area contributed by atoms with Crippen molar-refractivity contribution in [2.75, 3.05) is 24.5 Å². The van der Waals surface area contributed by atoms with Crippen LogP contribution < -0.4 is 15.9 Å². The third-order valence-corrected chi connectivity index (χ3v) is 11.2. The van der Waals surface area contributed by atoms with E-state index in [0.29, 0.717) is 17.8 Å². The van der Waals surface area contributed by atoms with Crippen LogP contribution >= 0.6 is 0 Å². The molecule has 3 aliphatic rings. The van der Waals surface area contributed by atoms with Crippen LogP contribution in [0.25, 0.3) is 11.0 Å². The molecule has 4 aromatic carbocycles. The topological polar surface area (TPSA) is 155 Å². The van der Waals surface area contributed by atoms with E-state index in [-0.39, 0.29) is 49.5 Å². The van der Waals surface area contributed by atoms with Crippen LogP contribution in [0.4, 0.5) is 10.5 Å². The molecule has 56 heavy (non-hydrogen) atoms. The minimum absolute atomic E-state index is 0.0332. The Morgan fingerprint density at radius 1 is 0.875 bits per heavy atom. The van der Waals surface area contributed by atoms with E-state index in [1.807, 2.05) is 89.5 Å². The van der Waals surface area contributed by atoms with Crippen molar-refractivity contribution >= 4 is 34.6 Å². The number of carbonyl (C=O) groups is 3. The molecule has 3 fully saturated rings. The van der Waals surface area contributed by atoms with E-state index in [1.165, 1.54) is 0 Å². The molecule has 0 saturated carbocycles. The summed E-state index contributed by atoms with van der Waals surface area (Å²) in [6.07, 6.45) is -0.785. The number of hydrogen-bond acceptors (Lipinski definition) is 9. The number of aromatic nitrogens is 2. The molecular formula is C43H45N5O8. The second-order valence-corrected chi connectivity index (χ2v) is 14.8. The van der Waals surface area contributed by atoms with E-state index in [2.05, 4.69) is 22.1 Å². The first-order chi connectivity index (χ1) is 27.2. The number of carbonyl (C=O) groups excluding carboxylic acids is 3. The molecule has 13 nitrogen and oxygen atoms in total. The Morgan fingerprint density at radius 3 is 2.39 bits per heavy atom. The lowest BCUT2D eigenvalue weighted by Crippen LogP contribution is -2.47. The number of alkyl carbamates (subject to hydrolysis) is 1. The van der Waals surface area contributed by atoms with Crippen LogP contribution in [0.1, 0.15) is 66.9 Å². The van der Waals surface area contributed by atoms with Gasteiger partial charge >= 0.3 is 11.8 Å². The molecule has 3 amide bonds. The zero-order chi connectivity index (χ0) is 38.8. The summed E-state index contributed by atoms with van der Waals surface area (Å²) in [7, 11) is 0. The maximum absolute atomic E-state index is 13.5. The SMILES string of the molecule is C[C@@H]1[C@H](CN2CCC(n3c(=O)[nH]c4ccccc43)CC2)O[C@H](c2cccc(N3C(=O)CC(NC(=O)OCc4ccccc4)C3=O)c2)O[C@@H]1c1ccc(CO)cc1. The van der Waals surface area contributed by atoms with Crippen molar-refractivity contribution in [1.82, 2.24) is 19.8 Å². The Bertz CT molecular complexity index is 2250. The van der Waals surface area contributed by atoms with Crippen molar-refractivity contribution in [3.8, 4) is 0 Å². The number of amides is 3. The number of piperidine rings is 1. The van der Waals surface area contributed by atoms with Crippen molar-refractivity contribution in [2.45, 2.75) is 70.0 Å². The monoisotopic (exact) mass is 759 g/mol. The maximum Gasteiger partial charge on any atom is 0.408 e. The number of likely N-dealkylation sites (tertiary alicyclic amines) is 1. The molecule has 13 heteroatoms. The number of para-hydroxylation sites is 2. The Labute approximate surface area is 323 Å². The molecule has 0 radical (unpaired) electrons. The molecule has 0 spiro atoms. The standard InChI is InChI=1S/C43H45N5O8/c1-27-37(24-46-20-18-32(19-21-46)47-36-13-6-5-12-34(36)44-42(47)52)55-41(56-39(27)30-16-14-28(25-49)15-17-30)31-10-7-11-33(22-31)48-38(50)23-35(40(48)51)45-43(53)54-26-29-8-3-2-4-9-29/h2-17,22,27,32,35,37,39,41,49H,18-21,23-26H2,1H3,(H,44,52)(H,45,53)/t27-,35?,37+,39+,41+/m1/s1. The van der Waals surface area contributed by atoms with Crippen molar-refractivity contribution < 1.29 is 33.7 Å². The van der Waals surface area contributed by atoms with Crippen LogP contribution in [0.15, 0.2) is 108 Å². The average molecular weight is 760 g/mol. The number of aliphatic hydroxyl groups is 1. The third-order valence-electron chi connectivity index (χ3n) is 11.2. The number of fused-ring (bicyclic) bond motifs is 1. The van der Waals surface area contributed by atoms with Gasteiger partial charge in [-0.3, -0.25) is 14.2 Å². The van der Waals surface area contributed by atoms with E-state index in [1.54, 1.807) is 18.2 Å². The van der Waals surface area contributed by atoms with Gasteiger partial charge in [0.2, 0.25) is 5.91 Å². The number of rotatable bonds is 10. The average Bonchev–Trinajstić information content (AvgIpc) is 3.71.